The van der Waals surface area contributed by atoms with Crippen LogP contribution in [0.4, 0.5) is 4.79 Å². The molecule has 1 N–H and O–H groups in total. The van der Waals surface area contributed by atoms with Crippen LogP contribution in [0, 0.1) is 11.3 Å². The molecule has 0 saturated carbocycles. The first kappa shape index (κ1) is 29.0. The average Bonchev–Trinajstić information content (AvgIpc) is 2.88. The molecular formula is C30H40N4O4. The van der Waals surface area contributed by atoms with Crippen molar-refractivity contribution < 1.29 is 19.1 Å². The molecule has 1 atom stereocenters. The van der Waals surface area contributed by atoms with E-state index in [2.05, 4.69) is 37.9 Å². The first-order chi connectivity index (χ1) is 18.0. The van der Waals surface area contributed by atoms with Crippen molar-refractivity contribution in [2.45, 2.75) is 78.3 Å². The number of nitrogens with zero attached hydrogens (tertiary/aromatic N) is 3. The molecule has 0 saturated heterocycles. The molecule has 2 aromatic carbocycles. The summed E-state index contributed by atoms with van der Waals surface area (Å²) in [5.74, 6) is 0.431. The van der Waals surface area contributed by atoms with Crippen LogP contribution in [0.25, 0.3) is 0 Å². The summed E-state index contributed by atoms with van der Waals surface area (Å²) < 4.78 is 11.4. The van der Waals surface area contributed by atoms with Gasteiger partial charge in [-0.15, -0.1) is 0 Å². The molecule has 0 bridgehead atoms. The van der Waals surface area contributed by atoms with E-state index in [1.54, 1.807) is 0 Å². The van der Waals surface area contributed by atoms with Crippen molar-refractivity contribution in [3.05, 3.63) is 65.2 Å². The molecule has 1 aliphatic rings. The molecule has 0 radical (unpaired) electrons. The molecule has 204 valence electrons. The van der Waals surface area contributed by atoms with E-state index in [4.69, 9.17) is 9.47 Å². The summed E-state index contributed by atoms with van der Waals surface area (Å²) in [6.07, 6.45) is -0.143. The molecular weight excluding hydrogens is 480 g/mol. The Bertz CT molecular complexity index is 1130. The number of rotatable bonds is 10. The fourth-order valence-corrected chi connectivity index (χ4v) is 4.73. The summed E-state index contributed by atoms with van der Waals surface area (Å²) in [5, 5.41) is 12.4. The Kier molecular flexibility index (Phi) is 9.76. The summed E-state index contributed by atoms with van der Waals surface area (Å²) in [4.78, 5) is 30.4. The second kappa shape index (κ2) is 12.8. The fraction of sp³-hybridized carbons (Fsp3) is 0.500. The van der Waals surface area contributed by atoms with E-state index in [-0.39, 0.29) is 12.5 Å². The number of fused-ring (bicyclic) bond motifs is 1. The number of hydrogen-bond acceptors (Lipinski definition) is 6. The minimum absolute atomic E-state index is 0.275. The lowest BCUT2D eigenvalue weighted by molar-refractivity contribution is -0.127. The summed E-state index contributed by atoms with van der Waals surface area (Å²) in [5.41, 5.74) is 1.44. The fourth-order valence-electron chi connectivity index (χ4n) is 4.73. The zero-order chi connectivity index (χ0) is 27.9. The number of carbonyl (C=O) groups is 2. The van der Waals surface area contributed by atoms with E-state index < -0.39 is 17.7 Å². The van der Waals surface area contributed by atoms with Crippen LogP contribution in [0.3, 0.4) is 0 Å². The number of nitrogens with one attached hydrogen (secondary N) is 1. The van der Waals surface area contributed by atoms with Crippen LogP contribution in [0.1, 0.15) is 64.3 Å². The van der Waals surface area contributed by atoms with Crippen LogP contribution in [0.15, 0.2) is 48.5 Å². The molecule has 2 amide bonds. The smallest absolute Gasteiger partial charge is 0.412 e. The van der Waals surface area contributed by atoms with E-state index in [1.807, 2.05) is 54.6 Å². The number of benzene rings is 2. The van der Waals surface area contributed by atoms with E-state index in [1.165, 1.54) is 18.7 Å². The third-order valence-electron chi connectivity index (χ3n) is 6.68. The van der Waals surface area contributed by atoms with E-state index in [0.717, 1.165) is 16.7 Å². The highest BCUT2D eigenvalue weighted by molar-refractivity contribution is 5.88. The molecule has 1 aliphatic heterocycles. The summed E-state index contributed by atoms with van der Waals surface area (Å²) in [6, 6.07) is 17.3. The Labute approximate surface area is 226 Å². The van der Waals surface area contributed by atoms with Crippen LogP contribution in [-0.4, -0.2) is 59.1 Å². The van der Waals surface area contributed by atoms with Crippen LogP contribution < -0.4 is 10.1 Å². The first-order valence-corrected chi connectivity index (χ1v) is 13.3. The maximum absolute atomic E-state index is 13.6. The van der Waals surface area contributed by atoms with Crippen molar-refractivity contribution >= 4 is 12.0 Å². The Balaban J connectivity index is 1.81. The second-order valence-corrected chi connectivity index (χ2v) is 10.7. The van der Waals surface area contributed by atoms with E-state index in [9.17, 15) is 14.9 Å². The highest BCUT2D eigenvalue weighted by Crippen LogP contribution is 2.34. The van der Waals surface area contributed by atoms with Crippen molar-refractivity contribution in [3.8, 4) is 11.8 Å². The largest absolute Gasteiger partial charge is 0.489 e. The van der Waals surface area contributed by atoms with Gasteiger partial charge in [0.2, 0.25) is 5.91 Å². The van der Waals surface area contributed by atoms with Gasteiger partial charge in [-0.2, -0.15) is 5.26 Å². The molecule has 0 aromatic heterocycles. The van der Waals surface area contributed by atoms with Crippen molar-refractivity contribution in [3.63, 3.8) is 0 Å². The topological polar surface area (TPSA) is 94.9 Å². The van der Waals surface area contributed by atoms with Gasteiger partial charge in [-0.1, -0.05) is 36.4 Å². The standard InChI is InChI=1S/C30H40N4O4/c1-21(2)33(22(3)4)17-15-32-28(35)27-26-13-12-25(37-19-23-10-8-7-9-11-23)18-24(26)14-16-34(27)29(36)38-30(5,6)20-31/h7-13,18,21-22,27H,14-17,19H2,1-6H3,(H,32,35). The maximum atomic E-state index is 13.6. The lowest BCUT2D eigenvalue weighted by Crippen LogP contribution is -2.50. The van der Waals surface area contributed by atoms with Gasteiger partial charge in [-0.3, -0.25) is 14.6 Å². The second-order valence-electron chi connectivity index (χ2n) is 10.7. The molecule has 0 fully saturated rings. The molecule has 38 heavy (non-hydrogen) atoms. The molecule has 0 aliphatic carbocycles. The van der Waals surface area contributed by atoms with Crippen LogP contribution in [-0.2, 0) is 22.6 Å². The van der Waals surface area contributed by atoms with Crippen LogP contribution in [0.5, 0.6) is 5.75 Å². The number of hydrogen-bond donors (Lipinski definition) is 1. The van der Waals surface area contributed by atoms with Crippen molar-refractivity contribution in [1.29, 1.82) is 5.26 Å². The van der Waals surface area contributed by atoms with Gasteiger partial charge in [0.1, 0.15) is 24.5 Å². The first-order valence-electron chi connectivity index (χ1n) is 13.3. The van der Waals surface area contributed by atoms with Gasteiger partial charge < -0.3 is 14.8 Å². The Morgan fingerprint density at radius 2 is 1.82 bits per heavy atom. The lowest BCUT2D eigenvalue weighted by atomic mass is 9.92. The van der Waals surface area contributed by atoms with Gasteiger partial charge in [-0.05, 0) is 76.8 Å². The van der Waals surface area contributed by atoms with Gasteiger partial charge >= 0.3 is 6.09 Å². The molecule has 8 heteroatoms. The van der Waals surface area contributed by atoms with Gasteiger partial charge in [0, 0.05) is 31.7 Å². The van der Waals surface area contributed by atoms with Crippen molar-refractivity contribution in [2.75, 3.05) is 19.6 Å². The van der Waals surface area contributed by atoms with Crippen LogP contribution in [0.2, 0.25) is 0 Å². The average molecular weight is 521 g/mol. The molecule has 0 spiro atoms. The summed E-state index contributed by atoms with van der Waals surface area (Å²) in [7, 11) is 0. The maximum Gasteiger partial charge on any atom is 0.412 e. The molecule has 1 unspecified atom stereocenters. The third kappa shape index (κ3) is 7.48. The van der Waals surface area contributed by atoms with E-state index >= 15 is 0 Å². The molecule has 3 rings (SSSR count). The lowest BCUT2D eigenvalue weighted by Gasteiger charge is -2.37. The highest BCUT2D eigenvalue weighted by atomic mass is 16.6. The van der Waals surface area contributed by atoms with E-state index in [0.29, 0.717) is 44.0 Å². The minimum Gasteiger partial charge on any atom is -0.489 e. The molecule has 1 heterocycles. The van der Waals surface area contributed by atoms with Gasteiger partial charge in [0.05, 0.1) is 0 Å². The van der Waals surface area contributed by atoms with Crippen LogP contribution >= 0.6 is 0 Å². The van der Waals surface area contributed by atoms with Crippen molar-refractivity contribution in [2.24, 2.45) is 0 Å². The number of carbonyl (C=O) groups excluding carboxylic acids is 2. The monoisotopic (exact) mass is 520 g/mol. The number of amides is 2. The molecule has 2 aromatic rings. The predicted molar refractivity (Wildman–Crippen MR) is 147 cm³/mol. The molecule has 8 nitrogen and oxygen atoms in total. The highest BCUT2D eigenvalue weighted by Gasteiger charge is 2.39. The zero-order valence-corrected chi connectivity index (χ0v) is 23.4. The Morgan fingerprint density at radius 3 is 2.45 bits per heavy atom. The zero-order valence-electron chi connectivity index (χ0n) is 23.4. The number of nitriles is 1. The van der Waals surface area contributed by atoms with Gasteiger partial charge in [0.15, 0.2) is 5.60 Å². The summed E-state index contributed by atoms with van der Waals surface area (Å²) >= 11 is 0. The van der Waals surface area contributed by atoms with Gasteiger partial charge in [-0.25, -0.2) is 4.79 Å². The quantitative estimate of drug-likeness (QED) is 0.482. The minimum atomic E-state index is -1.30. The number of ether oxygens (including phenoxy) is 2. The predicted octanol–water partition coefficient (Wildman–Crippen LogP) is 4.84. The Morgan fingerprint density at radius 1 is 1.13 bits per heavy atom. The summed E-state index contributed by atoms with van der Waals surface area (Å²) in [6.45, 7) is 13.4. The SMILES string of the molecule is CC(C)N(CCNC(=O)C1c2ccc(OCc3ccccc3)cc2CCN1C(=O)OC(C)(C)C#N)C(C)C. The van der Waals surface area contributed by atoms with Gasteiger partial charge in [0.25, 0.3) is 0 Å². The van der Waals surface area contributed by atoms with Crippen molar-refractivity contribution in [1.82, 2.24) is 15.1 Å². The third-order valence-corrected chi connectivity index (χ3v) is 6.68. The normalized spacial score (nSPS) is 15.3. The Hall–Kier alpha value is -3.57.